The summed E-state index contributed by atoms with van der Waals surface area (Å²) >= 11 is 0. The zero-order valence-electron chi connectivity index (χ0n) is 5.91. The van der Waals surface area contributed by atoms with Crippen LogP contribution >= 0.6 is 12.4 Å². The van der Waals surface area contributed by atoms with Crippen molar-refractivity contribution in [3.63, 3.8) is 0 Å². The Kier molecular flexibility index (Phi) is 4.28. The second-order valence-corrected chi connectivity index (χ2v) is 1.83. The molecule has 0 fully saturated rings. The van der Waals surface area contributed by atoms with Crippen LogP contribution in [0.1, 0.15) is 0 Å². The molecule has 0 aromatic carbocycles. The van der Waals surface area contributed by atoms with Crippen LogP contribution < -0.4 is 10.5 Å². The summed E-state index contributed by atoms with van der Waals surface area (Å²) in [7, 11) is 0. The van der Waals surface area contributed by atoms with E-state index in [1.165, 1.54) is 18.5 Å². The van der Waals surface area contributed by atoms with Crippen molar-refractivity contribution < 1.29 is 13.5 Å². The van der Waals surface area contributed by atoms with Gasteiger partial charge >= 0.3 is 6.61 Å². The number of ether oxygens (including phenoxy) is 1. The number of pyridine rings is 1. The first-order chi connectivity index (χ1) is 5.18. The van der Waals surface area contributed by atoms with Gasteiger partial charge in [0, 0.05) is 6.07 Å². The van der Waals surface area contributed by atoms with E-state index in [0.717, 1.165) is 0 Å². The molecule has 0 aliphatic rings. The lowest BCUT2D eigenvalue weighted by Crippen LogP contribution is -2.02. The quantitative estimate of drug-likeness (QED) is 0.783. The number of hydrogen-bond donors (Lipinski definition) is 1. The molecule has 2 N–H and O–H groups in total. The van der Waals surface area contributed by atoms with Crippen LogP contribution in [0.25, 0.3) is 0 Å². The van der Waals surface area contributed by atoms with Gasteiger partial charge in [0.2, 0.25) is 0 Å². The van der Waals surface area contributed by atoms with E-state index in [1.807, 2.05) is 0 Å². The van der Waals surface area contributed by atoms with E-state index in [9.17, 15) is 8.78 Å². The fourth-order valence-electron chi connectivity index (χ4n) is 0.603. The Bertz CT molecular complexity index is 247. The predicted octanol–water partition coefficient (Wildman–Crippen LogP) is 1.69. The van der Waals surface area contributed by atoms with Gasteiger partial charge in [-0.2, -0.15) is 8.78 Å². The Morgan fingerprint density at radius 2 is 2.08 bits per heavy atom. The van der Waals surface area contributed by atoms with Crippen LogP contribution in [0.3, 0.4) is 0 Å². The summed E-state index contributed by atoms with van der Waals surface area (Å²) < 4.78 is 27.1. The van der Waals surface area contributed by atoms with E-state index in [2.05, 4.69) is 9.72 Å². The summed E-state index contributed by atoms with van der Waals surface area (Å²) in [6.07, 6.45) is 2.51. The molecule has 0 spiro atoms. The average Bonchev–Trinajstić information content (AvgIpc) is 1.85. The SMILES string of the molecule is Cl.Nc1cncc(OC(F)F)c1. The Balaban J connectivity index is 0.00000121. The zero-order chi connectivity index (χ0) is 8.27. The van der Waals surface area contributed by atoms with Crippen LogP contribution in [0.15, 0.2) is 18.5 Å². The number of anilines is 1. The molecule has 6 heteroatoms. The van der Waals surface area contributed by atoms with Crippen LogP contribution in [0.5, 0.6) is 5.75 Å². The second kappa shape index (κ2) is 4.71. The van der Waals surface area contributed by atoms with Crippen LogP contribution in [0.2, 0.25) is 0 Å². The normalized spacial score (nSPS) is 9.25. The predicted molar refractivity (Wildman–Crippen MR) is 42.5 cm³/mol. The van der Waals surface area contributed by atoms with Crippen molar-refractivity contribution >= 4 is 18.1 Å². The maximum Gasteiger partial charge on any atom is 0.387 e. The number of rotatable bonds is 2. The summed E-state index contributed by atoms with van der Waals surface area (Å²) in [6, 6.07) is 1.28. The summed E-state index contributed by atoms with van der Waals surface area (Å²) in [6.45, 7) is -2.83. The van der Waals surface area contributed by atoms with E-state index >= 15 is 0 Å². The highest BCUT2D eigenvalue weighted by atomic mass is 35.5. The van der Waals surface area contributed by atoms with E-state index in [-0.39, 0.29) is 18.2 Å². The average molecular weight is 197 g/mol. The van der Waals surface area contributed by atoms with Gasteiger partial charge in [-0.3, -0.25) is 4.98 Å². The van der Waals surface area contributed by atoms with Gasteiger partial charge in [0.1, 0.15) is 5.75 Å². The molecule has 12 heavy (non-hydrogen) atoms. The van der Waals surface area contributed by atoms with Crippen molar-refractivity contribution in [2.24, 2.45) is 0 Å². The molecule has 1 aromatic rings. The van der Waals surface area contributed by atoms with Crippen molar-refractivity contribution in [1.82, 2.24) is 4.98 Å². The second-order valence-electron chi connectivity index (χ2n) is 1.83. The lowest BCUT2D eigenvalue weighted by molar-refractivity contribution is -0.0500. The smallest absolute Gasteiger partial charge is 0.387 e. The topological polar surface area (TPSA) is 48.1 Å². The molecule has 0 amide bonds. The highest BCUT2D eigenvalue weighted by molar-refractivity contribution is 5.85. The molecule has 1 aromatic heterocycles. The molecule has 1 heterocycles. The van der Waals surface area contributed by atoms with Gasteiger partial charge in [-0.05, 0) is 0 Å². The third-order valence-corrected chi connectivity index (χ3v) is 0.959. The van der Waals surface area contributed by atoms with Gasteiger partial charge in [0.15, 0.2) is 0 Å². The third-order valence-electron chi connectivity index (χ3n) is 0.959. The molecule has 0 radical (unpaired) electrons. The zero-order valence-corrected chi connectivity index (χ0v) is 6.72. The number of nitrogens with zero attached hydrogens (tertiary/aromatic N) is 1. The molecular weight excluding hydrogens is 190 g/mol. The number of hydrogen-bond acceptors (Lipinski definition) is 3. The number of aromatic nitrogens is 1. The Morgan fingerprint density at radius 3 is 2.58 bits per heavy atom. The fourth-order valence-corrected chi connectivity index (χ4v) is 0.603. The third kappa shape index (κ3) is 3.34. The van der Waals surface area contributed by atoms with Gasteiger partial charge in [0.25, 0.3) is 0 Å². The molecule has 0 aliphatic heterocycles. The van der Waals surface area contributed by atoms with Gasteiger partial charge in [0.05, 0.1) is 18.1 Å². The lowest BCUT2D eigenvalue weighted by Gasteiger charge is -2.02. The van der Waals surface area contributed by atoms with E-state index in [0.29, 0.717) is 5.69 Å². The summed E-state index contributed by atoms with van der Waals surface area (Å²) in [5, 5.41) is 0. The maximum atomic E-state index is 11.6. The molecule has 0 bridgehead atoms. The molecule has 0 unspecified atom stereocenters. The van der Waals surface area contributed by atoms with Crippen LogP contribution in [0.4, 0.5) is 14.5 Å². The number of nitrogens with two attached hydrogens (primary N) is 1. The minimum atomic E-state index is -2.83. The lowest BCUT2D eigenvalue weighted by atomic mass is 10.4. The van der Waals surface area contributed by atoms with E-state index < -0.39 is 6.61 Å². The van der Waals surface area contributed by atoms with Gasteiger partial charge < -0.3 is 10.5 Å². The first-order valence-corrected chi connectivity index (χ1v) is 2.84. The highest BCUT2D eigenvalue weighted by Gasteiger charge is 2.03. The number of alkyl halides is 2. The molecule has 68 valence electrons. The standard InChI is InChI=1S/C6H6F2N2O.ClH/c7-6(8)11-5-1-4(9)2-10-3-5;/h1-3,6H,9H2;1H. The number of nitrogen functional groups attached to an aromatic ring is 1. The van der Waals surface area contributed by atoms with Crippen molar-refractivity contribution in [2.75, 3.05) is 5.73 Å². The Labute approximate surface area is 74.0 Å². The van der Waals surface area contributed by atoms with E-state index in [4.69, 9.17) is 5.73 Å². The molecule has 1 rings (SSSR count). The monoisotopic (exact) mass is 196 g/mol. The first kappa shape index (κ1) is 10.9. The van der Waals surface area contributed by atoms with Crippen molar-refractivity contribution in [2.45, 2.75) is 6.61 Å². The summed E-state index contributed by atoms with van der Waals surface area (Å²) in [5.74, 6) is -0.0278. The Hall–Kier alpha value is -1.10. The van der Waals surface area contributed by atoms with E-state index in [1.54, 1.807) is 0 Å². The van der Waals surface area contributed by atoms with Gasteiger partial charge in [-0.25, -0.2) is 0 Å². The largest absolute Gasteiger partial charge is 0.433 e. The van der Waals surface area contributed by atoms with Gasteiger partial charge in [-0.15, -0.1) is 12.4 Å². The minimum absolute atomic E-state index is 0. The molecule has 0 saturated heterocycles. The molecule has 3 nitrogen and oxygen atoms in total. The molecule has 0 atom stereocenters. The first-order valence-electron chi connectivity index (χ1n) is 2.84. The summed E-state index contributed by atoms with van der Waals surface area (Å²) in [4.78, 5) is 3.55. The highest BCUT2D eigenvalue weighted by Crippen LogP contribution is 2.14. The molecule has 0 saturated carbocycles. The van der Waals surface area contributed by atoms with Crippen LogP contribution in [-0.2, 0) is 0 Å². The fraction of sp³-hybridized carbons (Fsp3) is 0.167. The van der Waals surface area contributed by atoms with Crippen LogP contribution in [0, 0.1) is 0 Å². The molecular formula is C6H7ClF2N2O. The number of halogens is 3. The minimum Gasteiger partial charge on any atom is -0.433 e. The van der Waals surface area contributed by atoms with Crippen LogP contribution in [-0.4, -0.2) is 11.6 Å². The van der Waals surface area contributed by atoms with Gasteiger partial charge in [-0.1, -0.05) is 0 Å². The van der Waals surface area contributed by atoms with Crippen molar-refractivity contribution in [3.05, 3.63) is 18.5 Å². The van der Waals surface area contributed by atoms with Crippen molar-refractivity contribution in [3.8, 4) is 5.75 Å². The van der Waals surface area contributed by atoms with Crippen molar-refractivity contribution in [1.29, 1.82) is 0 Å². The molecule has 0 aliphatic carbocycles. The maximum absolute atomic E-state index is 11.6. The summed E-state index contributed by atoms with van der Waals surface area (Å²) in [5.41, 5.74) is 5.54. The Morgan fingerprint density at radius 1 is 1.42 bits per heavy atom.